The summed E-state index contributed by atoms with van der Waals surface area (Å²) in [5.41, 5.74) is 5.02. The molecule has 2 rings (SSSR count). The van der Waals surface area contributed by atoms with Crippen LogP contribution in [0.5, 0.6) is 0 Å². The van der Waals surface area contributed by atoms with Gasteiger partial charge in [0.05, 0.1) is 17.5 Å². The van der Waals surface area contributed by atoms with Crippen LogP contribution in [0.25, 0.3) is 17.3 Å². The standard InChI is InChI=1S/C14H12ClF3N4/c1-8(15)2-5-13-21-12(7-22(13)20)9-3-4-10(11(19)6-9)14(16,17)18/h2-7H,1,19-20H2/b5-2-. The number of anilines is 1. The Balaban J connectivity index is 2.39. The Bertz CT molecular complexity index is 747. The predicted octanol–water partition coefficient (Wildman–Crippen LogP) is 3.63. The lowest BCUT2D eigenvalue weighted by molar-refractivity contribution is -0.136. The summed E-state index contributed by atoms with van der Waals surface area (Å²) >= 11 is 5.60. The van der Waals surface area contributed by atoms with Gasteiger partial charge in [-0.25, -0.2) is 4.98 Å². The van der Waals surface area contributed by atoms with Gasteiger partial charge in [0, 0.05) is 16.3 Å². The zero-order valence-electron chi connectivity index (χ0n) is 11.2. The summed E-state index contributed by atoms with van der Waals surface area (Å²) in [4.78, 5) is 4.20. The minimum absolute atomic E-state index is 0.295. The number of nitrogens with zero attached hydrogens (tertiary/aromatic N) is 2. The molecule has 1 aromatic carbocycles. The molecular formula is C14H12ClF3N4. The van der Waals surface area contributed by atoms with E-state index in [1.807, 2.05) is 0 Å². The van der Waals surface area contributed by atoms with Gasteiger partial charge in [-0.2, -0.15) is 13.2 Å². The number of nitrogens with two attached hydrogens (primary N) is 2. The normalized spacial score (nSPS) is 12.0. The van der Waals surface area contributed by atoms with Crippen LogP contribution in [-0.4, -0.2) is 9.66 Å². The molecule has 0 unspecified atom stereocenters. The van der Waals surface area contributed by atoms with Gasteiger partial charge < -0.3 is 11.6 Å². The molecule has 0 aliphatic rings. The van der Waals surface area contributed by atoms with Gasteiger partial charge in [-0.1, -0.05) is 24.2 Å². The second-order valence-electron chi connectivity index (χ2n) is 4.47. The van der Waals surface area contributed by atoms with Gasteiger partial charge in [0.2, 0.25) is 0 Å². The van der Waals surface area contributed by atoms with Crippen molar-refractivity contribution in [2.75, 3.05) is 11.6 Å². The molecule has 0 saturated carbocycles. The van der Waals surface area contributed by atoms with Gasteiger partial charge in [-0.3, -0.25) is 4.68 Å². The molecule has 0 aliphatic carbocycles. The Hall–Kier alpha value is -2.41. The number of hydrogen-bond donors (Lipinski definition) is 2. The molecule has 22 heavy (non-hydrogen) atoms. The van der Waals surface area contributed by atoms with Crippen LogP contribution in [0.15, 0.2) is 42.1 Å². The maximum atomic E-state index is 12.7. The van der Waals surface area contributed by atoms with Crippen LogP contribution < -0.4 is 11.6 Å². The lowest BCUT2D eigenvalue weighted by Crippen LogP contribution is -2.08. The molecule has 0 aliphatic heterocycles. The van der Waals surface area contributed by atoms with E-state index in [0.717, 1.165) is 6.07 Å². The third kappa shape index (κ3) is 3.43. The lowest BCUT2D eigenvalue weighted by Gasteiger charge is -2.10. The van der Waals surface area contributed by atoms with Gasteiger partial charge >= 0.3 is 6.18 Å². The van der Waals surface area contributed by atoms with E-state index >= 15 is 0 Å². The van der Waals surface area contributed by atoms with E-state index in [1.54, 1.807) is 0 Å². The van der Waals surface area contributed by atoms with Crippen molar-refractivity contribution in [2.45, 2.75) is 6.18 Å². The van der Waals surface area contributed by atoms with Crippen LogP contribution in [-0.2, 0) is 6.18 Å². The topological polar surface area (TPSA) is 69.9 Å². The van der Waals surface area contributed by atoms with Crippen molar-refractivity contribution in [1.29, 1.82) is 0 Å². The first-order valence-electron chi connectivity index (χ1n) is 6.02. The van der Waals surface area contributed by atoms with Crippen molar-refractivity contribution in [2.24, 2.45) is 0 Å². The van der Waals surface area contributed by atoms with E-state index in [1.165, 1.54) is 35.2 Å². The molecule has 4 N–H and O–H groups in total. The molecule has 0 radical (unpaired) electrons. The molecule has 0 fully saturated rings. The molecule has 116 valence electrons. The van der Waals surface area contributed by atoms with E-state index in [2.05, 4.69) is 11.6 Å². The Morgan fingerprint density at radius 3 is 2.59 bits per heavy atom. The second kappa shape index (κ2) is 5.76. The zero-order valence-corrected chi connectivity index (χ0v) is 12.0. The number of nitrogen functional groups attached to an aromatic ring is 2. The largest absolute Gasteiger partial charge is 0.418 e. The van der Waals surface area contributed by atoms with E-state index in [0.29, 0.717) is 22.1 Å². The molecule has 0 amide bonds. The Kier molecular flexibility index (Phi) is 4.18. The van der Waals surface area contributed by atoms with E-state index in [4.69, 9.17) is 23.2 Å². The van der Waals surface area contributed by atoms with Gasteiger partial charge in [-0.15, -0.1) is 0 Å². The molecular weight excluding hydrogens is 317 g/mol. The minimum Gasteiger partial charge on any atom is -0.398 e. The van der Waals surface area contributed by atoms with Gasteiger partial charge in [0.15, 0.2) is 5.82 Å². The first-order chi connectivity index (χ1) is 10.2. The molecule has 0 bridgehead atoms. The maximum absolute atomic E-state index is 12.7. The van der Waals surface area contributed by atoms with Gasteiger partial charge in [-0.05, 0) is 24.3 Å². The summed E-state index contributed by atoms with van der Waals surface area (Å²) < 4.78 is 39.3. The van der Waals surface area contributed by atoms with Crippen molar-refractivity contribution in [3.8, 4) is 11.3 Å². The summed E-state index contributed by atoms with van der Waals surface area (Å²) in [5, 5.41) is 0.295. The van der Waals surface area contributed by atoms with Crippen molar-refractivity contribution in [3.63, 3.8) is 0 Å². The zero-order chi connectivity index (χ0) is 16.5. The Morgan fingerprint density at radius 1 is 1.36 bits per heavy atom. The van der Waals surface area contributed by atoms with E-state index in [-0.39, 0.29) is 5.69 Å². The SMILES string of the molecule is C=C(Cl)/C=C\c1nc(-c2ccc(C(F)(F)F)c(N)c2)cn1N. The number of rotatable bonds is 3. The van der Waals surface area contributed by atoms with Gasteiger partial charge in [0.1, 0.15) is 0 Å². The fraction of sp³-hybridized carbons (Fsp3) is 0.0714. The van der Waals surface area contributed by atoms with Crippen molar-refractivity contribution >= 4 is 23.4 Å². The van der Waals surface area contributed by atoms with Crippen molar-refractivity contribution in [3.05, 3.63) is 53.5 Å². The molecule has 0 saturated heterocycles. The highest BCUT2D eigenvalue weighted by Crippen LogP contribution is 2.35. The number of aromatic nitrogens is 2. The van der Waals surface area contributed by atoms with Crippen LogP contribution in [0.3, 0.4) is 0 Å². The predicted molar refractivity (Wildman–Crippen MR) is 81.3 cm³/mol. The number of halogens is 4. The van der Waals surface area contributed by atoms with Crippen molar-refractivity contribution in [1.82, 2.24) is 9.66 Å². The Morgan fingerprint density at radius 2 is 2.05 bits per heavy atom. The first-order valence-corrected chi connectivity index (χ1v) is 6.40. The third-order valence-corrected chi connectivity index (χ3v) is 2.95. The molecule has 0 spiro atoms. The van der Waals surface area contributed by atoms with Crippen LogP contribution >= 0.6 is 11.6 Å². The smallest absolute Gasteiger partial charge is 0.398 e. The van der Waals surface area contributed by atoms with Gasteiger partial charge in [0.25, 0.3) is 0 Å². The Labute approximate surface area is 129 Å². The number of hydrogen-bond acceptors (Lipinski definition) is 3. The summed E-state index contributed by atoms with van der Waals surface area (Å²) in [6.45, 7) is 3.49. The van der Waals surface area contributed by atoms with Crippen LogP contribution in [0.2, 0.25) is 0 Å². The number of allylic oxidation sites excluding steroid dienone is 2. The van der Waals surface area contributed by atoms with E-state index in [9.17, 15) is 13.2 Å². The fourth-order valence-electron chi connectivity index (χ4n) is 1.82. The fourth-order valence-corrected chi connectivity index (χ4v) is 1.88. The first kappa shape index (κ1) is 16.0. The maximum Gasteiger partial charge on any atom is 0.418 e. The molecule has 8 heteroatoms. The average Bonchev–Trinajstić information content (AvgIpc) is 2.76. The summed E-state index contributed by atoms with van der Waals surface area (Å²) in [7, 11) is 0. The number of benzene rings is 1. The quantitative estimate of drug-likeness (QED) is 0.513. The number of alkyl halides is 3. The average molecular weight is 329 g/mol. The van der Waals surface area contributed by atoms with Crippen LogP contribution in [0, 0.1) is 0 Å². The highest BCUT2D eigenvalue weighted by molar-refractivity contribution is 6.31. The molecule has 4 nitrogen and oxygen atoms in total. The lowest BCUT2D eigenvalue weighted by atomic mass is 10.1. The third-order valence-electron chi connectivity index (χ3n) is 2.83. The summed E-state index contributed by atoms with van der Waals surface area (Å²) in [5.74, 6) is 6.09. The molecule has 0 atom stereocenters. The molecule has 1 aromatic heterocycles. The summed E-state index contributed by atoms with van der Waals surface area (Å²) in [6, 6.07) is 3.41. The monoisotopic (exact) mass is 328 g/mol. The van der Waals surface area contributed by atoms with E-state index < -0.39 is 11.7 Å². The molecule has 1 heterocycles. The summed E-state index contributed by atoms with van der Waals surface area (Å²) in [6.07, 6.45) is 0.00751. The van der Waals surface area contributed by atoms with Crippen LogP contribution in [0.1, 0.15) is 11.4 Å². The molecule has 2 aromatic rings. The van der Waals surface area contributed by atoms with Crippen LogP contribution in [0.4, 0.5) is 18.9 Å². The highest BCUT2D eigenvalue weighted by atomic mass is 35.5. The number of imidazole rings is 1. The highest BCUT2D eigenvalue weighted by Gasteiger charge is 2.32. The second-order valence-corrected chi connectivity index (χ2v) is 4.96. The van der Waals surface area contributed by atoms with Crippen molar-refractivity contribution < 1.29 is 13.2 Å². The minimum atomic E-state index is -4.50.